The lowest BCUT2D eigenvalue weighted by Gasteiger charge is -2.32. The van der Waals surface area contributed by atoms with E-state index in [0.717, 1.165) is 12.8 Å². The molecular weight excluding hydrogens is 210 g/mol. The summed E-state index contributed by atoms with van der Waals surface area (Å²) in [6.45, 7) is 3.08. The second-order valence-electron chi connectivity index (χ2n) is 4.11. The third kappa shape index (κ3) is 2.19. The normalized spacial score (nSPS) is 19.8. The van der Waals surface area contributed by atoms with E-state index >= 15 is 0 Å². The summed E-state index contributed by atoms with van der Waals surface area (Å²) < 4.78 is 0. The Morgan fingerprint density at radius 3 is 2.75 bits per heavy atom. The third-order valence-electron chi connectivity index (χ3n) is 3.05. The number of rotatable bonds is 2. The van der Waals surface area contributed by atoms with Crippen LogP contribution in [0.2, 0.25) is 0 Å². The summed E-state index contributed by atoms with van der Waals surface area (Å²) in [5.41, 5.74) is 0. The van der Waals surface area contributed by atoms with Crippen LogP contribution in [0, 0.1) is 5.92 Å². The Kier molecular flexibility index (Phi) is 3.14. The molecule has 1 aliphatic rings. The standard InChI is InChI=1S/C9H15N5O2/c1-6(15)7-2-4-14(5-3-7)9(16)8-10-12-13-11-8/h6-7,15H,2-5H2,1H3,(H,10,11,12,13). The summed E-state index contributed by atoms with van der Waals surface area (Å²) >= 11 is 0. The second-order valence-corrected chi connectivity index (χ2v) is 4.11. The number of tetrazole rings is 1. The molecule has 0 bridgehead atoms. The molecule has 0 aromatic carbocycles. The van der Waals surface area contributed by atoms with Gasteiger partial charge in [0.15, 0.2) is 0 Å². The van der Waals surface area contributed by atoms with E-state index in [1.54, 1.807) is 11.8 Å². The minimum atomic E-state index is -0.303. The highest BCUT2D eigenvalue weighted by molar-refractivity contribution is 5.90. The lowest BCUT2D eigenvalue weighted by Crippen LogP contribution is -2.41. The fourth-order valence-corrected chi connectivity index (χ4v) is 1.98. The Bertz CT molecular complexity index is 343. The number of H-pyrrole nitrogens is 1. The van der Waals surface area contributed by atoms with Crippen molar-refractivity contribution < 1.29 is 9.90 Å². The molecule has 0 saturated carbocycles. The monoisotopic (exact) mass is 225 g/mol. The van der Waals surface area contributed by atoms with Gasteiger partial charge in [-0.25, -0.2) is 0 Å². The molecule has 2 rings (SSSR count). The van der Waals surface area contributed by atoms with Gasteiger partial charge in [-0.15, -0.1) is 10.2 Å². The Balaban J connectivity index is 1.92. The van der Waals surface area contributed by atoms with E-state index in [-0.39, 0.29) is 23.8 Å². The summed E-state index contributed by atoms with van der Waals surface area (Å²) in [7, 11) is 0. The summed E-state index contributed by atoms with van der Waals surface area (Å²) in [5, 5.41) is 22.4. The number of likely N-dealkylation sites (tertiary alicyclic amines) is 1. The maximum Gasteiger partial charge on any atom is 0.295 e. The van der Waals surface area contributed by atoms with Crippen molar-refractivity contribution in [1.82, 2.24) is 25.5 Å². The average Bonchev–Trinajstić information content (AvgIpc) is 2.81. The molecule has 1 aliphatic heterocycles. The molecule has 1 aromatic heterocycles. The molecule has 1 atom stereocenters. The van der Waals surface area contributed by atoms with Crippen LogP contribution in [0.1, 0.15) is 30.4 Å². The number of piperidine rings is 1. The highest BCUT2D eigenvalue weighted by atomic mass is 16.3. The van der Waals surface area contributed by atoms with E-state index in [1.165, 1.54) is 0 Å². The summed E-state index contributed by atoms with van der Waals surface area (Å²) in [4.78, 5) is 13.5. The van der Waals surface area contributed by atoms with Crippen molar-refractivity contribution >= 4 is 5.91 Å². The first-order valence-electron chi connectivity index (χ1n) is 5.39. The Morgan fingerprint density at radius 1 is 1.56 bits per heavy atom. The van der Waals surface area contributed by atoms with Gasteiger partial charge in [-0.1, -0.05) is 0 Å². The van der Waals surface area contributed by atoms with Gasteiger partial charge in [0.1, 0.15) is 0 Å². The predicted octanol–water partition coefficient (Wildman–Crippen LogP) is -0.567. The molecule has 7 heteroatoms. The van der Waals surface area contributed by atoms with Gasteiger partial charge in [0.05, 0.1) is 6.10 Å². The summed E-state index contributed by atoms with van der Waals surface area (Å²) in [5.74, 6) is 0.197. The van der Waals surface area contributed by atoms with Gasteiger partial charge in [-0.05, 0) is 30.9 Å². The summed E-state index contributed by atoms with van der Waals surface area (Å²) in [6, 6.07) is 0. The average molecular weight is 225 g/mol. The van der Waals surface area contributed by atoms with Crippen molar-refractivity contribution in [2.24, 2.45) is 5.92 Å². The van der Waals surface area contributed by atoms with Crippen LogP contribution in [-0.2, 0) is 0 Å². The fourth-order valence-electron chi connectivity index (χ4n) is 1.98. The largest absolute Gasteiger partial charge is 0.393 e. The number of nitrogens with zero attached hydrogens (tertiary/aromatic N) is 4. The minimum absolute atomic E-state index is 0.107. The molecule has 7 nitrogen and oxygen atoms in total. The van der Waals surface area contributed by atoms with Gasteiger partial charge in [0.25, 0.3) is 11.7 Å². The van der Waals surface area contributed by atoms with E-state index in [4.69, 9.17) is 0 Å². The molecule has 1 amide bonds. The van der Waals surface area contributed by atoms with Crippen molar-refractivity contribution in [3.05, 3.63) is 5.82 Å². The number of nitrogens with one attached hydrogen (secondary N) is 1. The van der Waals surface area contributed by atoms with Gasteiger partial charge >= 0.3 is 0 Å². The first-order chi connectivity index (χ1) is 7.68. The van der Waals surface area contributed by atoms with E-state index in [2.05, 4.69) is 20.6 Å². The maximum atomic E-state index is 11.8. The Labute approximate surface area is 92.8 Å². The zero-order valence-electron chi connectivity index (χ0n) is 9.13. The number of hydrogen-bond acceptors (Lipinski definition) is 5. The van der Waals surface area contributed by atoms with Crippen LogP contribution in [0.25, 0.3) is 0 Å². The van der Waals surface area contributed by atoms with Crippen LogP contribution in [0.4, 0.5) is 0 Å². The number of aromatic nitrogens is 4. The molecule has 2 N–H and O–H groups in total. The predicted molar refractivity (Wildman–Crippen MR) is 54.5 cm³/mol. The molecule has 2 heterocycles. The fraction of sp³-hybridized carbons (Fsp3) is 0.778. The molecule has 1 saturated heterocycles. The van der Waals surface area contributed by atoms with Gasteiger partial charge in [0.2, 0.25) is 0 Å². The number of hydrogen-bond donors (Lipinski definition) is 2. The number of carbonyl (C=O) groups is 1. The van der Waals surface area contributed by atoms with Crippen LogP contribution in [0.15, 0.2) is 0 Å². The van der Waals surface area contributed by atoms with E-state index in [9.17, 15) is 9.90 Å². The molecule has 1 aromatic rings. The van der Waals surface area contributed by atoms with Gasteiger partial charge in [-0.2, -0.15) is 5.21 Å². The van der Waals surface area contributed by atoms with Crippen molar-refractivity contribution in [3.63, 3.8) is 0 Å². The van der Waals surface area contributed by atoms with Crippen molar-refractivity contribution in [3.8, 4) is 0 Å². The van der Waals surface area contributed by atoms with Gasteiger partial charge in [0, 0.05) is 13.1 Å². The lowest BCUT2D eigenvalue weighted by molar-refractivity contribution is 0.0512. The highest BCUT2D eigenvalue weighted by Crippen LogP contribution is 2.21. The van der Waals surface area contributed by atoms with Crippen molar-refractivity contribution in [1.29, 1.82) is 0 Å². The third-order valence-corrected chi connectivity index (χ3v) is 3.05. The molecule has 0 aliphatic carbocycles. The molecular formula is C9H15N5O2. The molecule has 0 radical (unpaired) electrons. The Morgan fingerprint density at radius 2 is 2.25 bits per heavy atom. The minimum Gasteiger partial charge on any atom is -0.393 e. The zero-order chi connectivity index (χ0) is 11.5. The van der Waals surface area contributed by atoms with Gasteiger partial charge in [-0.3, -0.25) is 4.79 Å². The lowest BCUT2D eigenvalue weighted by atomic mass is 9.92. The number of aromatic amines is 1. The van der Waals surface area contributed by atoms with E-state index < -0.39 is 0 Å². The van der Waals surface area contributed by atoms with Crippen LogP contribution in [-0.4, -0.2) is 55.7 Å². The SMILES string of the molecule is CC(O)C1CCN(C(=O)c2nn[nH]n2)CC1. The maximum absolute atomic E-state index is 11.8. The molecule has 88 valence electrons. The van der Waals surface area contributed by atoms with Crippen LogP contribution < -0.4 is 0 Å². The van der Waals surface area contributed by atoms with Crippen molar-refractivity contribution in [2.45, 2.75) is 25.9 Å². The topological polar surface area (TPSA) is 95.0 Å². The zero-order valence-corrected chi connectivity index (χ0v) is 9.13. The number of carbonyl (C=O) groups excluding carboxylic acids is 1. The molecule has 1 unspecified atom stereocenters. The van der Waals surface area contributed by atoms with Crippen LogP contribution in [0.5, 0.6) is 0 Å². The second kappa shape index (κ2) is 4.56. The van der Waals surface area contributed by atoms with Crippen molar-refractivity contribution in [2.75, 3.05) is 13.1 Å². The molecule has 16 heavy (non-hydrogen) atoms. The quantitative estimate of drug-likeness (QED) is 0.703. The molecule has 0 spiro atoms. The molecule has 1 fully saturated rings. The number of amides is 1. The first kappa shape index (κ1) is 11.0. The smallest absolute Gasteiger partial charge is 0.295 e. The Hall–Kier alpha value is -1.50. The number of aliphatic hydroxyl groups is 1. The van der Waals surface area contributed by atoms with Gasteiger partial charge < -0.3 is 10.0 Å². The van der Waals surface area contributed by atoms with E-state index in [0.29, 0.717) is 13.1 Å². The first-order valence-corrected chi connectivity index (χ1v) is 5.39. The number of aliphatic hydroxyl groups excluding tert-OH is 1. The summed E-state index contributed by atoms with van der Waals surface area (Å²) in [6.07, 6.45) is 1.34. The highest BCUT2D eigenvalue weighted by Gasteiger charge is 2.27. The van der Waals surface area contributed by atoms with Crippen LogP contribution >= 0.6 is 0 Å². The van der Waals surface area contributed by atoms with E-state index in [1.807, 2.05) is 0 Å². The van der Waals surface area contributed by atoms with Crippen LogP contribution in [0.3, 0.4) is 0 Å².